The first-order chi connectivity index (χ1) is 12.7. The SMILES string of the molecule is CCNC(=O)COc1ccc(CNC(=NC)NC2CC=CC2)cc1OC.I. The van der Waals surface area contributed by atoms with Crippen LogP contribution >= 0.6 is 24.0 Å². The minimum atomic E-state index is -0.156. The number of hydrogen-bond donors (Lipinski definition) is 3. The second kappa shape index (κ2) is 12.4. The Labute approximate surface area is 178 Å². The third kappa shape index (κ3) is 7.66. The molecule has 2 rings (SSSR count). The molecular weight excluding hydrogens is 459 g/mol. The third-order valence-electron chi connectivity index (χ3n) is 3.99. The fraction of sp³-hybridized carbons (Fsp3) is 0.474. The number of amides is 1. The number of carbonyl (C=O) groups is 1. The zero-order valence-electron chi connectivity index (χ0n) is 16.1. The Hall–Kier alpha value is -1.97. The molecule has 0 atom stereocenters. The number of nitrogens with one attached hydrogen (secondary N) is 3. The molecule has 0 bridgehead atoms. The summed E-state index contributed by atoms with van der Waals surface area (Å²) in [5, 5.41) is 9.39. The number of guanidine groups is 1. The molecule has 0 saturated heterocycles. The number of benzene rings is 1. The van der Waals surface area contributed by atoms with Crippen molar-refractivity contribution in [3.05, 3.63) is 35.9 Å². The largest absolute Gasteiger partial charge is 0.493 e. The number of carbonyl (C=O) groups excluding carboxylic acids is 1. The van der Waals surface area contributed by atoms with Gasteiger partial charge >= 0.3 is 0 Å². The van der Waals surface area contributed by atoms with Crippen molar-refractivity contribution in [3.8, 4) is 11.5 Å². The standard InChI is InChI=1S/C19H28N4O3.HI/c1-4-21-18(24)13-26-16-10-9-14(11-17(16)25-3)12-22-19(20-2)23-15-7-5-6-8-15;/h5-6,9-11,15H,4,7-8,12-13H2,1-3H3,(H,21,24)(H2,20,22,23);1H. The second-order valence-corrected chi connectivity index (χ2v) is 5.94. The Morgan fingerprint density at radius 2 is 1.96 bits per heavy atom. The highest BCUT2D eigenvalue weighted by Crippen LogP contribution is 2.28. The molecule has 1 aliphatic rings. The van der Waals surface area contributed by atoms with E-state index in [1.54, 1.807) is 14.2 Å². The molecule has 0 radical (unpaired) electrons. The van der Waals surface area contributed by atoms with Crippen molar-refractivity contribution in [2.24, 2.45) is 4.99 Å². The minimum Gasteiger partial charge on any atom is -0.493 e. The molecule has 7 nitrogen and oxygen atoms in total. The van der Waals surface area contributed by atoms with Gasteiger partial charge in [0.15, 0.2) is 24.1 Å². The Morgan fingerprint density at radius 1 is 1.22 bits per heavy atom. The van der Waals surface area contributed by atoms with Crippen LogP contribution in [0.15, 0.2) is 35.3 Å². The summed E-state index contributed by atoms with van der Waals surface area (Å²) in [5.41, 5.74) is 1.03. The Balaban J connectivity index is 0.00000364. The van der Waals surface area contributed by atoms with Crippen LogP contribution in [0, 0.1) is 0 Å². The van der Waals surface area contributed by atoms with E-state index in [9.17, 15) is 4.79 Å². The summed E-state index contributed by atoms with van der Waals surface area (Å²) in [7, 11) is 3.34. The summed E-state index contributed by atoms with van der Waals surface area (Å²) >= 11 is 0. The van der Waals surface area contributed by atoms with Crippen LogP contribution in [0.5, 0.6) is 11.5 Å². The monoisotopic (exact) mass is 488 g/mol. The Bertz CT molecular complexity index is 656. The zero-order chi connectivity index (χ0) is 18.8. The smallest absolute Gasteiger partial charge is 0.257 e. The van der Waals surface area contributed by atoms with Crippen LogP contribution in [0.2, 0.25) is 0 Å². The van der Waals surface area contributed by atoms with Crippen molar-refractivity contribution in [1.82, 2.24) is 16.0 Å². The van der Waals surface area contributed by atoms with Crippen molar-refractivity contribution in [3.63, 3.8) is 0 Å². The van der Waals surface area contributed by atoms with Crippen LogP contribution in [0.1, 0.15) is 25.3 Å². The first kappa shape index (κ1) is 23.1. The van der Waals surface area contributed by atoms with Gasteiger partial charge in [-0.15, -0.1) is 24.0 Å². The Kier molecular flexibility index (Phi) is 10.6. The fourth-order valence-corrected chi connectivity index (χ4v) is 2.64. The number of halogens is 1. The summed E-state index contributed by atoms with van der Waals surface area (Å²) in [5.74, 6) is 1.75. The number of methoxy groups -OCH3 is 1. The van der Waals surface area contributed by atoms with Gasteiger partial charge in [-0.3, -0.25) is 9.79 Å². The first-order valence-corrected chi connectivity index (χ1v) is 8.84. The number of nitrogens with zero attached hydrogens (tertiary/aromatic N) is 1. The molecule has 27 heavy (non-hydrogen) atoms. The van der Waals surface area contributed by atoms with E-state index in [1.807, 2.05) is 25.1 Å². The van der Waals surface area contributed by atoms with E-state index in [0.717, 1.165) is 24.4 Å². The molecule has 0 fully saturated rings. The summed E-state index contributed by atoms with van der Waals surface area (Å²) in [6, 6.07) is 6.05. The number of likely N-dealkylation sites (N-methyl/N-ethyl adjacent to an activating group) is 1. The van der Waals surface area contributed by atoms with Crippen molar-refractivity contribution in [2.75, 3.05) is 27.3 Å². The molecule has 0 unspecified atom stereocenters. The average molecular weight is 488 g/mol. The molecule has 0 heterocycles. The molecule has 3 N–H and O–H groups in total. The van der Waals surface area contributed by atoms with Gasteiger partial charge in [-0.2, -0.15) is 0 Å². The van der Waals surface area contributed by atoms with Gasteiger partial charge in [-0.25, -0.2) is 0 Å². The lowest BCUT2D eigenvalue weighted by molar-refractivity contribution is -0.123. The van der Waals surface area contributed by atoms with E-state index in [2.05, 4.69) is 33.1 Å². The maximum atomic E-state index is 11.5. The third-order valence-corrected chi connectivity index (χ3v) is 3.99. The lowest BCUT2D eigenvalue weighted by Gasteiger charge is -2.17. The topological polar surface area (TPSA) is 84.0 Å². The van der Waals surface area contributed by atoms with Crippen molar-refractivity contribution in [1.29, 1.82) is 0 Å². The lowest BCUT2D eigenvalue weighted by Crippen LogP contribution is -2.42. The molecule has 150 valence electrons. The predicted molar refractivity (Wildman–Crippen MR) is 118 cm³/mol. The molecule has 0 saturated carbocycles. The number of rotatable bonds is 8. The summed E-state index contributed by atoms with van der Waals surface area (Å²) < 4.78 is 10.9. The minimum absolute atomic E-state index is 0. The van der Waals surface area contributed by atoms with Crippen LogP contribution in [0.25, 0.3) is 0 Å². The van der Waals surface area contributed by atoms with Crippen molar-refractivity contribution >= 4 is 35.8 Å². The quantitative estimate of drug-likeness (QED) is 0.226. The molecule has 1 aromatic carbocycles. The number of aliphatic imine (C=N–C) groups is 1. The van der Waals surface area contributed by atoms with E-state index in [-0.39, 0.29) is 36.5 Å². The van der Waals surface area contributed by atoms with Crippen molar-refractivity contribution in [2.45, 2.75) is 32.4 Å². The highest BCUT2D eigenvalue weighted by atomic mass is 127. The molecule has 1 aliphatic carbocycles. The van der Waals surface area contributed by atoms with Gasteiger partial charge in [0.05, 0.1) is 7.11 Å². The van der Waals surface area contributed by atoms with E-state index >= 15 is 0 Å². The van der Waals surface area contributed by atoms with E-state index in [4.69, 9.17) is 9.47 Å². The second-order valence-electron chi connectivity index (χ2n) is 5.94. The van der Waals surface area contributed by atoms with Crippen molar-refractivity contribution < 1.29 is 14.3 Å². The zero-order valence-corrected chi connectivity index (χ0v) is 18.4. The molecule has 0 aromatic heterocycles. The molecule has 0 spiro atoms. The maximum Gasteiger partial charge on any atom is 0.257 e. The van der Waals surface area contributed by atoms with Gasteiger partial charge in [-0.1, -0.05) is 18.2 Å². The number of hydrogen-bond acceptors (Lipinski definition) is 4. The molecule has 8 heteroatoms. The van der Waals surface area contributed by atoms with Gasteiger partial charge < -0.3 is 25.4 Å². The van der Waals surface area contributed by atoms with E-state index in [0.29, 0.717) is 30.6 Å². The summed E-state index contributed by atoms with van der Waals surface area (Å²) in [4.78, 5) is 15.8. The molecule has 0 aliphatic heterocycles. The van der Waals surface area contributed by atoms with Crippen LogP contribution in [-0.4, -0.2) is 45.2 Å². The van der Waals surface area contributed by atoms with Crippen LogP contribution < -0.4 is 25.4 Å². The van der Waals surface area contributed by atoms with E-state index < -0.39 is 0 Å². The average Bonchev–Trinajstić information content (AvgIpc) is 3.17. The van der Waals surface area contributed by atoms with Gasteiger partial charge in [0.25, 0.3) is 5.91 Å². The maximum absolute atomic E-state index is 11.5. The Morgan fingerprint density at radius 3 is 2.59 bits per heavy atom. The first-order valence-electron chi connectivity index (χ1n) is 8.84. The highest BCUT2D eigenvalue weighted by Gasteiger charge is 2.12. The predicted octanol–water partition coefficient (Wildman–Crippen LogP) is 2.21. The van der Waals surface area contributed by atoms with Crippen LogP contribution in [0.3, 0.4) is 0 Å². The van der Waals surface area contributed by atoms with Gasteiger partial charge in [0, 0.05) is 26.2 Å². The molecular formula is C19H29IN4O3. The van der Waals surface area contributed by atoms with Crippen LogP contribution in [0.4, 0.5) is 0 Å². The molecule has 1 amide bonds. The normalized spacial score (nSPS) is 13.7. The van der Waals surface area contributed by atoms with E-state index in [1.165, 1.54) is 0 Å². The van der Waals surface area contributed by atoms with Gasteiger partial charge in [-0.05, 0) is 37.5 Å². The fourth-order valence-electron chi connectivity index (χ4n) is 2.64. The van der Waals surface area contributed by atoms with Gasteiger partial charge in [0.2, 0.25) is 0 Å². The highest BCUT2D eigenvalue weighted by molar-refractivity contribution is 14.0. The lowest BCUT2D eigenvalue weighted by atomic mass is 10.2. The van der Waals surface area contributed by atoms with Crippen LogP contribution in [-0.2, 0) is 11.3 Å². The van der Waals surface area contributed by atoms with Gasteiger partial charge in [0.1, 0.15) is 0 Å². The molecule has 1 aromatic rings. The summed E-state index contributed by atoms with van der Waals surface area (Å²) in [6.45, 7) is 3.02. The summed E-state index contributed by atoms with van der Waals surface area (Å²) in [6.07, 6.45) is 6.39. The number of ether oxygens (including phenoxy) is 2.